The number of aromatic carboxylic acids is 1. The van der Waals surface area contributed by atoms with Gasteiger partial charge in [0.2, 0.25) is 5.76 Å². The smallest absolute Gasteiger partial charge is 0.410 e. The zero-order valence-electron chi connectivity index (χ0n) is 24.6. The number of ether oxygens (including phenoxy) is 2. The number of benzene rings is 2. The number of hydrogen-bond donors (Lipinski definition) is 1. The van der Waals surface area contributed by atoms with Crippen LogP contribution < -0.4 is 0 Å². The average Bonchev–Trinajstić information content (AvgIpc) is 3.35. The maximum absolute atomic E-state index is 13.8. The molecule has 0 saturated carbocycles. The molecule has 222 valence electrons. The van der Waals surface area contributed by atoms with Crippen LogP contribution in [0.2, 0.25) is 0 Å². The number of carbonyl (C=O) groups is 3. The molecule has 1 atom stereocenters. The van der Waals surface area contributed by atoms with Gasteiger partial charge < -0.3 is 23.9 Å². The Balaban J connectivity index is 1.35. The standard InChI is InChI=1S/C33H38N2O7/c1-21-18-23(41-29(21)30(36)37)19-35(22-10-9-16-34(17-15-22)31(38)42-33(2,3)4)32(39)40-20-28-26-13-7-5-11-24(26)25-12-6-8-14-27(25)28/h5-8,11-14,18,22,28H,9-10,15-17,19-20H2,1-4H3,(H,36,37). The highest BCUT2D eigenvalue weighted by Gasteiger charge is 2.34. The van der Waals surface area contributed by atoms with Crippen molar-refractivity contribution in [3.05, 3.63) is 82.8 Å². The third-order valence-electron chi connectivity index (χ3n) is 7.85. The summed E-state index contributed by atoms with van der Waals surface area (Å²) in [6.07, 6.45) is 0.973. The summed E-state index contributed by atoms with van der Waals surface area (Å²) in [4.78, 5) is 41.5. The van der Waals surface area contributed by atoms with Crippen LogP contribution in [-0.4, -0.2) is 64.4 Å². The van der Waals surface area contributed by atoms with Crippen molar-refractivity contribution in [3.8, 4) is 11.1 Å². The minimum absolute atomic E-state index is 0.0574. The molecule has 1 unspecified atom stereocenters. The van der Waals surface area contributed by atoms with Gasteiger partial charge in [-0.05, 0) is 75.3 Å². The molecule has 1 aliphatic heterocycles. The van der Waals surface area contributed by atoms with Gasteiger partial charge in [-0.15, -0.1) is 0 Å². The van der Waals surface area contributed by atoms with Crippen molar-refractivity contribution in [2.45, 2.75) is 71.1 Å². The van der Waals surface area contributed by atoms with E-state index in [2.05, 4.69) is 24.3 Å². The third kappa shape index (κ3) is 6.30. The largest absolute Gasteiger partial charge is 0.475 e. The lowest BCUT2D eigenvalue weighted by Crippen LogP contribution is -2.42. The summed E-state index contributed by atoms with van der Waals surface area (Å²) in [5.41, 5.74) is 4.41. The Morgan fingerprint density at radius 2 is 1.64 bits per heavy atom. The summed E-state index contributed by atoms with van der Waals surface area (Å²) in [6.45, 7) is 8.33. The van der Waals surface area contributed by atoms with Crippen LogP contribution >= 0.6 is 0 Å². The fraction of sp³-hybridized carbons (Fsp3) is 0.424. The number of fused-ring (bicyclic) bond motifs is 3. The first-order valence-electron chi connectivity index (χ1n) is 14.4. The van der Waals surface area contributed by atoms with Gasteiger partial charge in [-0.1, -0.05) is 48.5 Å². The van der Waals surface area contributed by atoms with Crippen molar-refractivity contribution in [3.63, 3.8) is 0 Å². The van der Waals surface area contributed by atoms with Gasteiger partial charge in [0.1, 0.15) is 18.0 Å². The van der Waals surface area contributed by atoms with Crippen LogP contribution in [0, 0.1) is 6.92 Å². The summed E-state index contributed by atoms with van der Waals surface area (Å²) in [7, 11) is 0. The van der Waals surface area contributed by atoms with E-state index in [0.29, 0.717) is 43.7 Å². The Morgan fingerprint density at radius 1 is 1.00 bits per heavy atom. The van der Waals surface area contributed by atoms with Crippen LogP contribution in [0.5, 0.6) is 0 Å². The van der Waals surface area contributed by atoms with Crippen molar-refractivity contribution in [2.75, 3.05) is 19.7 Å². The van der Waals surface area contributed by atoms with E-state index in [9.17, 15) is 19.5 Å². The summed E-state index contributed by atoms with van der Waals surface area (Å²) in [6, 6.07) is 17.7. The number of rotatable bonds is 6. The van der Waals surface area contributed by atoms with Crippen LogP contribution in [-0.2, 0) is 16.0 Å². The zero-order chi connectivity index (χ0) is 30.0. The molecule has 0 spiro atoms. The minimum Gasteiger partial charge on any atom is -0.475 e. The predicted octanol–water partition coefficient (Wildman–Crippen LogP) is 6.83. The molecule has 1 fully saturated rings. The molecule has 5 rings (SSSR count). The molecule has 0 bridgehead atoms. The Kier molecular flexibility index (Phi) is 8.29. The molecule has 0 radical (unpaired) electrons. The second-order valence-electron chi connectivity index (χ2n) is 12.0. The van der Waals surface area contributed by atoms with Gasteiger partial charge >= 0.3 is 18.2 Å². The lowest BCUT2D eigenvalue weighted by Gasteiger charge is -2.30. The Morgan fingerprint density at radius 3 is 2.24 bits per heavy atom. The fourth-order valence-corrected chi connectivity index (χ4v) is 5.93. The average molecular weight is 575 g/mol. The van der Waals surface area contributed by atoms with E-state index < -0.39 is 17.7 Å². The SMILES string of the molecule is Cc1cc(CN(C(=O)OCC2c3ccccc3-c3ccccc32)C2CCCN(C(=O)OC(C)(C)C)CC2)oc1C(=O)O. The molecular weight excluding hydrogens is 536 g/mol. The van der Waals surface area contributed by atoms with E-state index in [1.54, 1.807) is 22.8 Å². The number of hydrogen-bond acceptors (Lipinski definition) is 6. The van der Waals surface area contributed by atoms with Gasteiger partial charge in [0.25, 0.3) is 0 Å². The van der Waals surface area contributed by atoms with Gasteiger partial charge in [0.05, 0.1) is 6.54 Å². The zero-order valence-corrected chi connectivity index (χ0v) is 24.6. The molecule has 2 amide bonds. The van der Waals surface area contributed by atoms with Gasteiger partial charge in [0.15, 0.2) is 0 Å². The molecule has 2 heterocycles. The van der Waals surface area contributed by atoms with E-state index in [-0.39, 0.29) is 37.0 Å². The quantitative estimate of drug-likeness (QED) is 0.344. The molecule has 2 aliphatic rings. The van der Waals surface area contributed by atoms with Crippen LogP contribution in [0.4, 0.5) is 9.59 Å². The first kappa shape index (κ1) is 29.2. The number of carbonyl (C=O) groups excluding carboxylic acids is 2. The highest BCUT2D eigenvalue weighted by atomic mass is 16.6. The predicted molar refractivity (Wildman–Crippen MR) is 156 cm³/mol. The lowest BCUT2D eigenvalue weighted by atomic mass is 9.98. The van der Waals surface area contributed by atoms with Gasteiger partial charge in [-0.25, -0.2) is 14.4 Å². The van der Waals surface area contributed by atoms with Gasteiger partial charge in [-0.2, -0.15) is 0 Å². The number of amides is 2. The van der Waals surface area contributed by atoms with E-state index in [1.807, 2.05) is 45.0 Å². The summed E-state index contributed by atoms with van der Waals surface area (Å²) in [5.74, 6) is -1.03. The van der Waals surface area contributed by atoms with Crippen molar-refractivity contribution in [1.82, 2.24) is 9.80 Å². The van der Waals surface area contributed by atoms with Crippen LogP contribution in [0.15, 0.2) is 59.0 Å². The Bertz CT molecular complexity index is 1430. The van der Waals surface area contributed by atoms with E-state index in [0.717, 1.165) is 22.3 Å². The lowest BCUT2D eigenvalue weighted by molar-refractivity contribution is 0.0252. The maximum Gasteiger partial charge on any atom is 0.410 e. The highest BCUT2D eigenvalue weighted by molar-refractivity contribution is 5.86. The minimum atomic E-state index is -1.16. The molecule has 42 heavy (non-hydrogen) atoms. The normalized spacial score (nSPS) is 16.8. The van der Waals surface area contributed by atoms with Crippen molar-refractivity contribution in [1.29, 1.82) is 0 Å². The highest BCUT2D eigenvalue weighted by Crippen LogP contribution is 2.44. The van der Waals surface area contributed by atoms with Crippen LogP contribution in [0.25, 0.3) is 11.1 Å². The molecule has 1 aromatic heterocycles. The molecule has 9 heteroatoms. The summed E-state index contributed by atoms with van der Waals surface area (Å²) >= 11 is 0. The topological polar surface area (TPSA) is 110 Å². The van der Waals surface area contributed by atoms with Crippen LogP contribution in [0.3, 0.4) is 0 Å². The van der Waals surface area contributed by atoms with Crippen molar-refractivity contribution >= 4 is 18.2 Å². The van der Waals surface area contributed by atoms with E-state index >= 15 is 0 Å². The monoisotopic (exact) mass is 574 g/mol. The number of carboxylic acid groups (broad SMARTS) is 1. The summed E-state index contributed by atoms with van der Waals surface area (Å²) < 4.78 is 17.2. The van der Waals surface area contributed by atoms with Gasteiger partial charge in [-0.3, -0.25) is 4.90 Å². The Hall–Kier alpha value is -4.27. The first-order valence-corrected chi connectivity index (χ1v) is 14.4. The van der Waals surface area contributed by atoms with Crippen molar-refractivity contribution < 1.29 is 33.4 Å². The number of aryl methyl sites for hydroxylation is 1. The Labute approximate surface area is 246 Å². The number of carboxylic acids is 1. The number of likely N-dealkylation sites (tertiary alicyclic amines) is 1. The van der Waals surface area contributed by atoms with Crippen molar-refractivity contribution in [2.24, 2.45) is 0 Å². The molecule has 1 saturated heterocycles. The molecular formula is C33H38N2O7. The molecule has 2 aromatic carbocycles. The molecule has 3 aromatic rings. The maximum atomic E-state index is 13.8. The van der Waals surface area contributed by atoms with Gasteiger partial charge in [0, 0.05) is 30.6 Å². The molecule has 1 aliphatic carbocycles. The number of furan rings is 1. The second-order valence-corrected chi connectivity index (χ2v) is 12.0. The summed E-state index contributed by atoms with van der Waals surface area (Å²) in [5, 5.41) is 9.49. The number of nitrogens with zero attached hydrogens (tertiary/aromatic N) is 2. The van der Waals surface area contributed by atoms with Crippen LogP contribution in [0.1, 0.15) is 79.0 Å². The third-order valence-corrected chi connectivity index (χ3v) is 7.85. The molecule has 9 nitrogen and oxygen atoms in total. The molecule has 1 N–H and O–H groups in total. The van der Waals surface area contributed by atoms with E-state index in [4.69, 9.17) is 13.9 Å². The second kappa shape index (κ2) is 11.9. The first-order chi connectivity index (χ1) is 20.0. The fourth-order valence-electron chi connectivity index (χ4n) is 5.93. The van der Waals surface area contributed by atoms with E-state index in [1.165, 1.54) is 0 Å².